The molecule has 1 aliphatic rings. The zero-order valence-electron chi connectivity index (χ0n) is 28.5. The van der Waals surface area contributed by atoms with Crippen molar-refractivity contribution in [2.45, 2.75) is 176 Å². The highest BCUT2D eigenvalue weighted by molar-refractivity contribution is 7.47. The first kappa shape index (κ1) is 44.2. The number of carboxylic acids is 2. The number of carboxylic acid groups (broad SMARTS) is 2. The Hall–Kier alpha value is -0.950. The fourth-order valence-corrected chi connectivity index (χ4v) is 5.97. The Morgan fingerprint density at radius 3 is 1.53 bits per heavy atom. The molecule has 1 fully saturated rings. The predicted octanol–water partition coefficient (Wildman–Crippen LogP) is 10.8. The Morgan fingerprint density at radius 2 is 1.14 bits per heavy atom. The number of phosphoric acid groups is 1. The molecule has 1 saturated carbocycles. The number of aliphatic carboxylic acids is 2. The lowest BCUT2D eigenvalue weighted by Crippen LogP contribution is -2.21. The lowest BCUT2D eigenvalue weighted by Gasteiger charge is -2.25. The van der Waals surface area contributed by atoms with E-state index in [1.54, 1.807) is 0 Å². The van der Waals surface area contributed by atoms with Crippen LogP contribution < -0.4 is 0 Å². The van der Waals surface area contributed by atoms with E-state index in [1.165, 1.54) is 77.0 Å². The van der Waals surface area contributed by atoms with Gasteiger partial charge in [-0.2, -0.15) is 0 Å². The molecule has 1 unspecified atom stereocenters. The molecule has 8 nitrogen and oxygen atoms in total. The number of phosphoric ester groups is 1. The first-order valence-corrected chi connectivity index (χ1v) is 19.1. The lowest BCUT2D eigenvalue weighted by molar-refractivity contribution is -0.143. The summed E-state index contributed by atoms with van der Waals surface area (Å²) in [5.41, 5.74) is 0. The molecule has 0 aromatic rings. The Kier molecular flexibility index (Phi) is 31.9. The molecule has 1 atom stereocenters. The first-order chi connectivity index (χ1) is 20.5. The minimum atomic E-state index is -3.75. The SMILES string of the molecule is CCCC1CCC(C(=O)O)CC1.CCCCCCCCCCCCC(C)CC(=O)O.CCCCOP(=O)(O)OCCCC. The maximum atomic E-state index is 11.1. The van der Waals surface area contributed by atoms with E-state index in [0.29, 0.717) is 12.3 Å². The van der Waals surface area contributed by atoms with Crippen molar-refractivity contribution in [2.75, 3.05) is 13.2 Å². The quantitative estimate of drug-likeness (QED) is 0.0704. The van der Waals surface area contributed by atoms with Gasteiger partial charge in [-0.05, 0) is 50.4 Å². The molecule has 0 aromatic heterocycles. The molecule has 0 amide bonds. The van der Waals surface area contributed by atoms with Crippen molar-refractivity contribution >= 4 is 19.8 Å². The highest BCUT2D eigenvalue weighted by Gasteiger charge is 2.25. The summed E-state index contributed by atoms with van der Waals surface area (Å²) in [6.45, 7) is 11.1. The molecule has 1 rings (SSSR count). The fourth-order valence-electron chi connectivity index (χ4n) is 5.17. The van der Waals surface area contributed by atoms with Crippen LogP contribution in [-0.2, 0) is 23.2 Å². The second-order valence-electron chi connectivity index (χ2n) is 12.4. The lowest BCUT2D eigenvalue weighted by atomic mass is 9.80. The van der Waals surface area contributed by atoms with E-state index < -0.39 is 19.8 Å². The molecular weight excluding hydrogens is 567 g/mol. The molecule has 3 N–H and O–H groups in total. The summed E-state index contributed by atoms with van der Waals surface area (Å²) in [6, 6.07) is 0. The van der Waals surface area contributed by atoms with Crippen molar-refractivity contribution in [3.63, 3.8) is 0 Å². The molecule has 0 aliphatic heterocycles. The van der Waals surface area contributed by atoms with Crippen LogP contribution in [0.4, 0.5) is 0 Å². The van der Waals surface area contributed by atoms with Crippen LogP contribution in [0.25, 0.3) is 0 Å². The minimum absolute atomic E-state index is 0.0434. The number of carbonyl (C=O) groups is 2. The summed E-state index contributed by atoms with van der Waals surface area (Å²) in [5.74, 6) is -0.139. The number of unbranched alkanes of at least 4 members (excludes halogenated alkanes) is 11. The monoisotopic (exact) mass is 636 g/mol. The van der Waals surface area contributed by atoms with Crippen LogP contribution in [0.1, 0.15) is 176 Å². The van der Waals surface area contributed by atoms with Crippen LogP contribution in [0.15, 0.2) is 0 Å². The van der Waals surface area contributed by atoms with Gasteiger partial charge in [-0.1, -0.05) is 131 Å². The molecule has 0 saturated heterocycles. The third-order valence-electron chi connectivity index (χ3n) is 7.97. The van der Waals surface area contributed by atoms with E-state index in [0.717, 1.165) is 63.7 Å². The zero-order chi connectivity index (χ0) is 32.8. The van der Waals surface area contributed by atoms with Gasteiger partial charge in [-0.3, -0.25) is 18.6 Å². The summed E-state index contributed by atoms with van der Waals surface area (Å²) >= 11 is 0. The molecule has 43 heavy (non-hydrogen) atoms. The summed E-state index contributed by atoms with van der Waals surface area (Å²) in [6.07, 6.45) is 24.9. The Labute approximate surface area is 264 Å². The van der Waals surface area contributed by atoms with E-state index in [2.05, 4.69) is 13.8 Å². The van der Waals surface area contributed by atoms with Crippen LogP contribution >= 0.6 is 7.82 Å². The molecule has 0 aromatic carbocycles. The molecule has 0 heterocycles. The Balaban J connectivity index is 0. The predicted molar refractivity (Wildman–Crippen MR) is 177 cm³/mol. The highest BCUT2D eigenvalue weighted by atomic mass is 31.2. The number of hydrogen-bond acceptors (Lipinski definition) is 5. The number of hydrogen-bond donors (Lipinski definition) is 3. The van der Waals surface area contributed by atoms with E-state index in [9.17, 15) is 14.2 Å². The van der Waals surface area contributed by atoms with E-state index >= 15 is 0 Å². The van der Waals surface area contributed by atoms with Gasteiger partial charge in [0.1, 0.15) is 0 Å². The van der Waals surface area contributed by atoms with E-state index in [-0.39, 0.29) is 19.1 Å². The standard InChI is InChI=1S/C16H32O2.C10H18O2.C8H19O4P/c1-3-4-5-6-7-8-9-10-11-12-13-15(2)14-16(17)18;1-2-3-8-4-6-9(7-5-8)10(11)12;1-3-5-7-11-13(9,10)12-8-6-4-2/h15H,3-14H2,1-2H3,(H,17,18);8-9H,2-7H2,1H3,(H,11,12);3-8H2,1-2H3,(H,9,10). The van der Waals surface area contributed by atoms with Crippen molar-refractivity contribution in [3.05, 3.63) is 0 Å². The number of rotatable bonds is 24. The van der Waals surface area contributed by atoms with Gasteiger partial charge in [0.25, 0.3) is 0 Å². The molecule has 258 valence electrons. The summed E-state index contributed by atoms with van der Waals surface area (Å²) < 4.78 is 20.5. The minimum Gasteiger partial charge on any atom is -0.481 e. The molecular formula is C34H69O8P. The normalized spacial score (nSPS) is 17.3. The van der Waals surface area contributed by atoms with Gasteiger partial charge in [0.05, 0.1) is 19.1 Å². The topological polar surface area (TPSA) is 130 Å². The molecule has 0 radical (unpaired) electrons. The zero-order valence-corrected chi connectivity index (χ0v) is 29.4. The molecule has 9 heteroatoms. The first-order valence-electron chi connectivity index (χ1n) is 17.6. The highest BCUT2D eigenvalue weighted by Crippen LogP contribution is 2.43. The van der Waals surface area contributed by atoms with Crippen LogP contribution in [-0.4, -0.2) is 40.3 Å². The summed E-state index contributed by atoms with van der Waals surface area (Å²) in [4.78, 5) is 30.2. The third kappa shape index (κ3) is 32.3. The Bertz CT molecular complexity index is 665. The van der Waals surface area contributed by atoms with Gasteiger partial charge in [0.2, 0.25) is 0 Å². The fraction of sp³-hybridized carbons (Fsp3) is 0.941. The largest absolute Gasteiger partial charge is 0.481 e. The van der Waals surface area contributed by atoms with Crippen molar-refractivity contribution in [1.29, 1.82) is 0 Å². The summed E-state index contributed by atoms with van der Waals surface area (Å²) in [7, 11) is -3.75. The van der Waals surface area contributed by atoms with Crippen LogP contribution in [0, 0.1) is 17.8 Å². The van der Waals surface area contributed by atoms with Crippen LogP contribution in [0.5, 0.6) is 0 Å². The maximum absolute atomic E-state index is 11.1. The van der Waals surface area contributed by atoms with Crippen molar-refractivity contribution in [3.8, 4) is 0 Å². The van der Waals surface area contributed by atoms with Crippen LogP contribution in [0.2, 0.25) is 0 Å². The Morgan fingerprint density at radius 1 is 0.698 bits per heavy atom. The van der Waals surface area contributed by atoms with Gasteiger partial charge in [-0.25, -0.2) is 4.57 Å². The van der Waals surface area contributed by atoms with Gasteiger partial charge >= 0.3 is 19.8 Å². The van der Waals surface area contributed by atoms with Gasteiger partial charge in [0, 0.05) is 6.42 Å². The van der Waals surface area contributed by atoms with Gasteiger partial charge in [-0.15, -0.1) is 0 Å². The van der Waals surface area contributed by atoms with Crippen LogP contribution in [0.3, 0.4) is 0 Å². The second-order valence-corrected chi connectivity index (χ2v) is 13.8. The van der Waals surface area contributed by atoms with E-state index in [1.807, 2.05) is 20.8 Å². The molecule has 0 spiro atoms. The smallest absolute Gasteiger partial charge is 0.472 e. The van der Waals surface area contributed by atoms with Crippen molar-refractivity contribution in [1.82, 2.24) is 0 Å². The van der Waals surface area contributed by atoms with Gasteiger partial charge in [0.15, 0.2) is 0 Å². The van der Waals surface area contributed by atoms with Gasteiger partial charge < -0.3 is 15.1 Å². The summed E-state index contributed by atoms with van der Waals surface area (Å²) in [5, 5.41) is 17.4. The third-order valence-corrected chi connectivity index (χ3v) is 8.99. The average Bonchev–Trinajstić information content (AvgIpc) is 2.95. The molecule has 0 bridgehead atoms. The van der Waals surface area contributed by atoms with E-state index in [4.69, 9.17) is 24.2 Å². The maximum Gasteiger partial charge on any atom is 0.472 e. The second kappa shape index (κ2) is 31.0. The van der Waals surface area contributed by atoms with Crippen molar-refractivity contribution in [2.24, 2.45) is 17.8 Å². The molecule has 1 aliphatic carbocycles. The van der Waals surface area contributed by atoms with Crippen molar-refractivity contribution < 1.29 is 38.3 Å². The average molecular weight is 637 g/mol.